The number of carbonyl (C=O) groups is 2. The van der Waals surface area contributed by atoms with Crippen molar-refractivity contribution < 1.29 is 28.5 Å². The number of carbonyl (C=O) groups excluding carboxylic acids is 2. The topological polar surface area (TPSA) is 95.1 Å². The third kappa shape index (κ3) is 8.57. The second kappa shape index (κ2) is 15.1. The number of hydrogen-bond donors (Lipinski definition) is 2. The van der Waals surface area contributed by atoms with Crippen LogP contribution in [0.15, 0.2) is 36.4 Å². The predicted octanol–water partition coefficient (Wildman–Crippen LogP) is 4.61. The Morgan fingerprint density at radius 2 is 1.00 bits per heavy atom. The van der Waals surface area contributed by atoms with Crippen LogP contribution in [0.5, 0.6) is 23.0 Å². The highest BCUT2D eigenvalue weighted by Crippen LogP contribution is 2.30. The first kappa shape index (κ1) is 29.1. The SMILES string of the molecule is CCOc1ccc(CC(=O)N[C@@H]2CCCC[C@H]2NC(=O)Cc2ccc(OCC)c(OCC)c2)cc1OCC. The van der Waals surface area contributed by atoms with Crippen molar-refractivity contribution in [1.82, 2.24) is 10.6 Å². The molecule has 8 nitrogen and oxygen atoms in total. The summed E-state index contributed by atoms with van der Waals surface area (Å²) in [6.07, 6.45) is 4.17. The van der Waals surface area contributed by atoms with Crippen LogP contribution in [0.2, 0.25) is 0 Å². The van der Waals surface area contributed by atoms with Gasteiger partial charge in [-0.25, -0.2) is 0 Å². The standard InChI is InChI=1S/C30H42N2O6/c1-5-35-25-15-13-21(17-27(25)37-7-3)19-29(33)31-23-11-9-10-12-24(23)32-30(34)20-22-14-16-26(36-6-2)28(18-22)38-8-4/h13-18,23-24H,5-12,19-20H2,1-4H3,(H,31,33)(H,32,34)/t23-,24-/m1/s1. The molecule has 2 N–H and O–H groups in total. The highest BCUT2D eigenvalue weighted by atomic mass is 16.5. The lowest BCUT2D eigenvalue weighted by molar-refractivity contribution is -0.124. The van der Waals surface area contributed by atoms with Crippen LogP contribution >= 0.6 is 0 Å². The van der Waals surface area contributed by atoms with Gasteiger partial charge in [-0.15, -0.1) is 0 Å². The van der Waals surface area contributed by atoms with Crippen molar-refractivity contribution in [3.8, 4) is 23.0 Å². The van der Waals surface area contributed by atoms with Gasteiger partial charge in [-0.3, -0.25) is 9.59 Å². The lowest BCUT2D eigenvalue weighted by Gasteiger charge is -2.33. The van der Waals surface area contributed by atoms with Gasteiger partial charge in [0.2, 0.25) is 11.8 Å². The lowest BCUT2D eigenvalue weighted by atomic mass is 9.89. The van der Waals surface area contributed by atoms with Crippen LogP contribution in [-0.4, -0.2) is 50.3 Å². The van der Waals surface area contributed by atoms with E-state index in [4.69, 9.17) is 18.9 Å². The molecular formula is C30H42N2O6. The minimum Gasteiger partial charge on any atom is -0.490 e. The van der Waals surface area contributed by atoms with Gasteiger partial charge in [-0.2, -0.15) is 0 Å². The van der Waals surface area contributed by atoms with Crippen LogP contribution in [0.4, 0.5) is 0 Å². The molecule has 1 fully saturated rings. The zero-order valence-electron chi connectivity index (χ0n) is 23.1. The minimum atomic E-state index is -0.103. The first-order chi connectivity index (χ1) is 18.5. The molecule has 8 heteroatoms. The Labute approximate surface area is 226 Å². The van der Waals surface area contributed by atoms with E-state index in [9.17, 15) is 9.59 Å². The van der Waals surface area contributed by atoms with Gasteiger partial charge in [0.25, 0.3) is 0 Å². The zero-order valence-corrected chi connectivity index (χ0v) is 23.1. The molecule has 2 aromatic rings. The molecule has 0 radical (unpaired) electrons. The Balaban J connectivity index is 1.59. The highest BCUT2D eigenvalue weighted by Gasteiger charge is 2.28. The van der Waals surface area contributed by atoms with Crippen molar-refractivity contribution >= 4 is 11.8 Å². The average molecular weight is 527 g/mol. The third-order valence-electron chi connectivity index (χ3n) is 6.40. The Morgan fingerprint density at radius 1 is 0.632 bits per heavy atom. The Bertz CT molecular complexity index is 974. The molecule has 0 aliphatic heterocycles. The maximum Gasteiger partial charge on any atom is 0.224 e. The zero-order chi connectivity index (χ0) is 27.3. The molecule has 2 atom stereocenters. The molecule has 3 rings (SSSR count). The Kier molecular flexibility index (Phi) is 11.6. The van der Waals surface area contributed by atoms with E-state index in [2.05, 4.69) is 10.6 Å². The monoisotopic (exact) mass is 526 g/mol. The first-order valence-electron chi connectivity index (χ1n) is 13.8. The maximum atomic E-state index is 12.9. The molecule has 2 amide bonds. The summed E-state index contributed by atoms with van der Waals surface area (Å²) in [5, 5.41) is 6.33. The van der Waals surface area contributed by atoms with Gasteiger partial charge in [0, 0.05) is 12.1 Å². The first-order valence-corrected chi connectivity index (χ1v) is 13.8. The van der Waals surface area contributed by atoms with E-state index in [-0.39, 0.29) is 36.7 Å². The van der Waals surface area contributed by atoms with E-state index >= 15 is 0 Å². The van der Waals surface area contributed by atoms with Crippen molar-refractivity contribution in [3.63, 3.8) is 0 Å². The quantitative estimate of drug-likeness (QED) is 0.373. The maximum absolute atomic E-state index is 12.9. The van der Waals surface area contributed by atoms with Crippen molar-refractivity contribution in [1.29, 1.82) is 0 Å². The Morgan fingerprint density at radius 3 is 1.37 bits per heavy atom. The molecule has 2 aromatic carbocycles. The fourth-order valence-corrected chi connectivity index (χ4v) is 4.77. The predicted molar refractivity (Wildman–Crippen MR) is 147 cm³/mol. The smallest absolute Gasteiger partial charge is 0.224 e. The van der Waals surface area contributed by atoms with Gasteiger partial charge in [0.1, 0.15) is 0 Å². The van der Waals surface area contributed by atoms with Gasteiger partial charge >= 0.3 is 0 Å². The molecule has 1 aliphatic rings. The lowest BCUT2D eigenvalue weighted by Crippen LogP contribution is -2.53. The fourth-order valence-electron chi connectivity index (χ4n) is 4.77. The summed E-state index contributed by atoms with van der Waals surface area (Å²) in [6, 6.07) is 11.0. The van der Waals surface area contributed by atoms with Crippen molar-refractivity contribution in [3.05, 3.63) is 47.5 Å². The van der Waals surface area contributed by atoms with Crippen LogP contribution in [0, 0.1) is 0 Å². The summed E-state index contributed by atoms with van der Waals surface area (Å²) in [6.45, 7) is 9.80. The number of nitrogens with one attached hydrogen (secondary N) is 2. The van der Waals surface area contributed by atoms with Gasteiger partial charge in [-0.05, 0) is 75.9 Å². The molecule has 1 aliphatic carbocycles. The average Bonchev–Trinajstić information content (AvgIpc) is 2.89. The van der Waals surface area contributed by atoms with E-state index in [1.807, 2.05) is 64.1 Å². The second-order valence-electron chi connectivity index (χ2n) is 9.28. The third-order valence-corrected chi connectivity index (χ3v) is 6.40. The van der Waals surface area contributed by atoms with Crippen molar-refractivity contribution in [2.45, 2.75) is 78.3 Å². The molecule has 1 saturated carbocycles. The van der Waals surface area contributed by atoms with Gasteiger partial charge in [0.05, 0.1) is 39.3 Å². The number of ether oxygens (including phenoxy) is 4. The molecule has 0 aromatic heterocycles. The molecule has 0 bridgehead atoms. The fraction of sp³-hybridized carbons (Fsp3) is 0.533. The van der Waals surface area contributed by atoms with Crippen molar-refractivity contribution in [2.75, 3.05) is 26.4 Å². The van der Waals surface area contributed by atoms with Crippen LogP contribution in [0.25, 0.3) is 0 Å². The summed E-state index contributed by atoms with van der Waals surface area (Å²) in [5.41, 5.74) is 1.71. The minimum absolute atomic E-state index is 0.0735. The van der Waals surface area contributed by atoms with Crippen LogP contribution in [0.3, 0.4) is 0 Å². The van der Waals surface area contributed by atoms with E-state index in [0.29, 0.717) is 49.4 Å². The number of amides is 2. The summed E-state index contributed by atoms with van der Waals surface area (Å²) in [5.74, 6) is 2.49. The van der Waals surface area contributed by atoms with E-state index in [0.717, 1.165) is 36.8 Å². The molecular weight excluding hydrogens is 484 g/mol. The molecule has 0 heterocycles. The van der Waals surface area contributed by atoms with Crippen LogP contribution in [0.1, 0.15) is 64.5 Å². The summed E-state index contributed by atoms with van der Waals surface area (Å²) in [4.78, 5) is 25.9. The largest absolute Gasteiger partial charge is 0.490 e. The van der Waals surface area contributed by atoms with E-state index < -0.39 is 0 Å². The summed E-state index contributed by atoms with van der Waals surface area (Å²) < 4.78 is 22.6. The Hall–Kier alpha value is -3.42. The summed E-state index contributed by atoms with van der Waals surface area (Å²) in [7, 11) is 0. The van der Waals surface area contributed by atoms with Crippen molar-refractivity contribution in [2.24, 2.45) is 0 Å². The molecule has 0 spiro atoms. The van der Waals surface area contributed by atoms with Gasteiger partial charge < -0.3 is 29.6 Å². The van der Waals surface area contributed by atoms with Gasteiger partial charge in [0.15, 0.2) is 23.0 Å². The van der Waals surface area contributed by atoms with Crippen LogP contribution in [-0.2, 0) is 22.4 Å². The number of rotatable bonds is 14. The highest BCUT2D eigenvalue weighted by molar-refractivity contribution is 5.80. The molecule has 208 valence electrons. The molecule has 38 heavy (non-hydrogen) atoms. The summed E-state index contributed by atoms with van der Waals surface area (Å²) >= 11 is 0. The second-order valence-corrected chi connectivity index (χ2v) is 9.28. The van der Waals surface area contributed by atoms with Gasteiger partial charge in [-0.1, -0.05) is 25.0 Å². The van der Waals surface area contributed by atoms with E-state index in [1.54, 1.807) is 0 Å². The molecule has 0 unspecified atom stereocenters. The molecule has 0 saturated heterocycles. The van der Waals surface area contributed by atoms with Crippen LogP contribution < -0.4 is 29.6 Å². The van der Waals surface area contributed by atoms with E-state index in [1.165, 1.54) is 0 Å². The number of hydrogen-bond acceptors (Lipinski definition) is 6. The number of benzene rings is 2. The normalized spacial score (nSPS) is 16.8.